The third-order valence-electron chi connectivity index (χ3n) is 3.28. The third kappa shape index (κ3) is 3.22. The fraction of sp³-hybridized carbons (Fsp3) is 0.0588. The highest BCUT2D eigenvalue weighted by molar-refractivity contribution is 7.17. The molecule has 3 rings (SSSR count). The normalized spacial score (nSPS) is 10.4. The summed E-state index contributed by atoms with van der Waals surface area (Å²) in [6.45, 7) is 0. The van der Waals surface area contributed by atoms with E-state index in [0.29, 0.717) is 16.1 Å². The molecule has 0 fully saturated rings. The first-order valence-electron chi connectivity index (χ1n) is 6.90. The first-order chi connectivity index (χ1) is 11.6. The van der Waals surface area contributed by atoms with Gasteiger partial charge < -0.3 is 10.1 Å². The molecule has 0 spiro atoms. The minimum absolute atomic E-state index is 0.178. The van der Waals surface area contributed by atoms with Crippen LogP contribution in [0.4, 0.5) is 9.39 Å². The summed E-state index contributed by atoms with van der Waals surface area (Å²) in [4.78, 5) is 25.4. The van der Waals surface area contributed by atoms with Crippen LogP contribution in [0.25, 0.3) is 10.4 Å². The number of thiophene rings is 2. The van der Waals surface area contributed by atoms with Crippen molar-refractivity contribution in [1.29, 1.82) is 0 Å². The number of methoxy groups -OCH3 is 1. The molecule has 0 aliphatic heterocycles. The molecule has 2 heterocycles. The average Bonchev–Trinajstić information content (AvgIpc) is 3.23. The number of halogens is 1. The summed E-state index contributed by atoms with van der Waals surface area (Å²) in [7, 11) is 1.29. The van der Waals surface area contributed by atoms with E-state index in [1.807, 2.05) is 17.5 Å². The Morgan fingerprint density at radius 3 is 2.67 bits per heavy atom. The van der Waals surface area contributed by atoms with Crippen LogP contribution in [0.1, 0.15) is 20.7 Å². The molecule has 122 valence electrons. The van der Waals surface area contributed by atoms with E-state index in [-0.39, 0.29) is 5.56 Å². The van der Waals surface area contributed by atoms with Crippen LogP contribution in [-0.4, -0.2) is 19.0 Å². The number of amides is 1. The maximum atomic E-state index is 13.3. The van der Waals surface area contributed by atoms with Crippen LogP contribution in [0, 0.1) is 5.82 Å². The SMILES string of the molecule is COC(=O)c1c(-c2cccs2)csc1NC(=O)c1cccc(F)c1. The van der Waals surface area contributed by atoms with Crippen molar-refractivity contribution in [2.45, 2.75) is 0 Å². The molecule has 1 aromatic carbocycles. The molecule has 0 saturated carbocycles. The van der Waals surface area contributed by atoms with Crippen LogP contribution in [0.5, 0.6) is 0 Å². The lowest BCUT2D eigenvalue weighted by Gasteiger charge is -2.07. The van der Waals surface area contributed by atoms with Crippen molar-refractivity contribution >= 4 is 39.6 Å². The highest BCUT2D eigenvalue weighted by Crippen LogP contribution is 2.38. The fourth-order valence-corrected chi connectivity index (χ4v) is 3.94. The van der Waals surface area contributed by atoms with Crippen molar-refractivity contribution < 1.29 is 18.7 Å². The van der Waals surface area contributed by atoms with E-state index >= 15 is 0 Å². The van der Waals surface area contributed by atoms with E-state index in [2.05, 4.69) is 5.32 Å². The molecule has 3 aromatic rings. The Hall–Kier alpha value is -2.51. The van der Waals surface area contributed by atoms with Crippen LogP contribution >= 0.6 is 22.7 Å². The average molecular weight is 361 g/mol. The lowest BCUT2D eigenvalue weighted by Crippen LogP contribution is -2.14. The van der Waals surface area contributed by atoms with Gasteiger partial charge in [0.2, 0.25) is 0 Å². The monoisotopic (exact) mass is 361 g/mol. The number of hydrogen-bond donors (Lipinski definition) is 1. The molecule has 0 bridgehead atoms. The van der Waals surface area contributed by atoms with Gasteiger partial charge in [-0.3, -0.25) is 4.79 Å². The minimum Gasteiger partial charge on any atom is -0.465 e. The van der Waals surface area contributed by atoms with Crippen molar-refractivity contribution in [3.63, 3.8) is 0 Å². The van der Waals surface area contributed by atoms with E-state index in [1.165, 1.54) is 48.0 Å². The highest BCUT2D eigenvalue weighted by Gasteiger charge is 2.23. The number of hydrogen-bond acceptors (Lipinski definition) is 5. The van der Waals surface area contributed by atoms with Crippen LogP contribution in [0.15, 0.2) is 47.2 Å². The lowest BCUT2D eigenvalue weighted by molar-refractivity contribution is 0.0603. The Morgan fingerprint density at radius 1 is 1.17 bits per heavy atom. The van der Waals surface area contributed by atoms with Gasteiger partial charge in [-0.1, -0.05) is 12.1 Å². The first kappa shape index (κ1) is 16.4. The van der Waals surface area contributed by atoms with E-state index in [0.717, 1.165) is 10.9 Å². The predicted molar refractivity (Wildman–Crippen MR) is 93.3 cm³/mol. The van der Waals surface area contributed by atoms with Gasteiger partial charge in [-0.15, -0.1) is 22.7 Å². The second kappa shape index (κ2) is 6.94. The van der Waals surface area contributed by atoms with Crippen LogP contribution in [-0.2, 0) is 4.74 Å². The van der Waals surface area contributed by atoms with Crippen LogP contribution in [0.2, 0.25) is 0 Å². The van der Waals surface area contributed by atoms with E-state index < -0.39 is 17.7 Å². The molecule has 1 N–H and O–H groups in total. The van der Waals surface area contributed by atoms with Crippen molar-refractivity contribution in [3.05, 3.63) is 64.1 Å². The Kier molecular flexibility index (Phi) is 4.73. The predicted octanol–water partition coefficient (Wildman–Crippen LogP) is 4.65. The van der Waals surface area contributed by atoms with Crippen LogP contribution in [0.3, 0.4) is 0 Å². The van der Waals surface area contributed by atoms with E-state index in [4.69, 9.17) is 4.74 Å². The van der Waals surface area contributed by atoms with Gasteiger partial charge in [0, 0.05) is 21.4 Å². The smallest absolute Gasteiger partial charge is 0.341 e. The van der Waals surface area contributed by atoms with Gasteiger partial charge >= 0.3 is 5.97 Å². The first-order valence-corrected chi connectivity index (χ1v) is 8.66. The van der Waals surface area contributed by atoms with Crippen molar-refractivity contribution in [2.24, 2.45) is 0 Å². The lowest BCUT2D eigenvalue weighted by atomic mass is 10.1. The summed E-state index contributed by atoms with van der Waals surface area (Å²) in [5.74, 6) is -1.52. The van der Waals surface area contributed by atoms with Gasteiger partial charge in [0.1, 0.15) is 16.4 Å². The molecule has 0 unspecified atom stereocenters. The summed E-state index contributed by atoms with van der Waals surface area (Å²) < 4.78 is 18.1. The standard InChI is InChI=1S/C17H12FNO3S2/c1-22-17(21)14-12(13-6-3-7-23-13)9-24-16(14)19-15(20)10-4-2-5-11(18)8-10/h2-9H,1H3,(H,19,20). The molecular weight excluding hydrogens is 349 g/mol. The topological polar surface area (TPSA) is 55.4 Å². The molecule has 0 atom stereocenters. The Bertz CT molecular complexity index is 887. The van der Waals surface area contributed by atoms with Crippen molar-refractivity contribution in [1.82, 2.24) is 0 Å². The van der Waals surface area contributed by atoms with Crippen molar-refractivity contribution in [3.8, 4) is 10.4 Å². The third-order valence-corrected chi connectivity index (χ3v) is 5.08. The van der Waals surface area contributed by atoms with E-state index in [9.17, 15) is 14.0 Å². The Labute approximate surface area is 145 Å². The number of anilines is 1. The Balaban J connectivity index is 1.96. The molecule has 1 amide bonds. The number of carbonyl (C=O) groups is 2. The molecule has 0 aliphatic rings. The number of nitrogens with one attached hydrogen (secondary N) is 1. The molecule has 24 heavy (non-hydrogen) atoms. The summed E-state index contributed by atoms with van der Waals surface area (Å²) in [6, 6.07) is 9.12. The highest BCUT2D eigenvalue weighted by atomic mass is 32.1. The van der Waals surface area contributed by atoms with E-state index in [1.54, 1.807) is 5.38 Å². The molecular formula is C17H12FNO3S2. The summed E-state index contributed by atoms with van der Waals surface area (Å²) >= 11 is 2.71. The van der Waals surface area contributed by atoms with Gasteiger partial charge in [-0.2, -0.15) is 0 Å². The molecule has 0 aliphatic carbocycles. The van der Waals surface area contributed by atoms with Gasteiger partial charge in [0.15, 0.2) is 0 Å². The fourth-order valence-electron chi connectivity index (χ4n) is 2.17. The number of benzene rings is 1. The number of carbonyl (C=O) groups excluding carboxylic acids is 2. The molecule has 0 radical (unpaired) electrons. The van der Waals surface area contributed by atoms with Crippen molar-refractivity contribution in [2.75, 3.05) is 12.4 Å². The minimum atomic E-state index is -0.533. The van der Waals surface area contributed by atoms with Gasteiger partial charge in [-0.05, 0) is 29.6 Å². The van der Waals surface area contributed by atoms with Gasteiger partial charge in [-0.25, -0.2) is 9.18 Å². The molecule has 2 aromatic heterocycles. The summed E-state index contributed by atoms with van der Waals surface area (Å²) in [6.07, 6.45) is 0. The maximum Gasteiger partial charge on any atom is 0.341 e. The zero-order valence-corrected chi connectivity index (χ0v) is 14.2. The summed E-state index contributed by atoms with van der Waals surface area (Å²) in [5.41, 5.74) is 1.18. The molecule has 0 saturated heterocycles. The molecule has 4 nitrogen and oxygen atoms in total. The Morgan fingerprint density at radius 2 is 2.00 bits per heavy atom. The maximum absolute atomic E-state index is 13.3. The quantitative estimate of drug-likeness (QED) is 0.688. The second-order valence-corrected chi connectivity index (χ2v) is 6.61. The summed E-state index contributed by atoms with van der Waals surface area (Å²) in [5, 5.41) is 6.74. The van der Waals surface area contributed by atoms with Crippen LogP contribution < -0.4 is 5.32 Å². The zero-order valence-electron chi connectivity index (χ0n) is 12.5. The molecule has 7 heteroatoms. The second-order valence-electron chi connectivity index (χ2n) is 4.79. The van der Waals surface area contributed by atoms with Gasteiger partial charge in [0.05, 0.1) is 7.11 Å². The number of ether oxygens (including phenoxy) is 1. The largest absolute Gasteiger partial charge is 0.465 e. The number of rotatable bonds is 4. The number of esters is 1. The zero-order chi connectivity index (χ0) is 17.1. The van der Waals surface area contributed by atoms with Gasteiger partial charge in [0.25, 0.3) is 5.91 Å².